The lowest BCUT2D eigenvalue weighted by Gasteiger charge is -2.19. The minimum atomic E-state index is -0.758. The van der Waals surface area contributed by atoms with Crippen LogP contribution in [0.3, 0.4) is 0 Å². The number of imidazole rings is 1. The number of carbonyl (C=O) groups is 1. The maximum absolute atomic E-state index is 10.9. The number of hydrogen-bond donors (Lipinski definition) is 1. The predicted molar refractivity (Wildman–Crippen MR) is 46.6 cm³/mol. The summed E-state index contributed by atoms with van der Waals surface area (Å²) in [6.07, 6.45) is 3.57. The second-order valence-electron chi connectivity index (χ2n) is 3.47. The van der Waals surface area contributed by atoms with E-state index in [2.05, 4.69) is 4.98 Å². The molecule has 0 spiro atoms. The molecule has 1 aliphatic heterocycles. The van der Waals surface area contributed by atoms with Gasteiger partial charge in [-0.3, -0.25) is 4.79 Å². The van der Waals surface area contributed by atoms with E-state index in [0.29, 0.717) is 6.42 Å². The number of rotatable bonds is 1. The standard InChI is InChI=1S/C9H12N2O2/c1-6-5-11-4-2-3-7(9(12)13)8(11)10-6/h5,7H,2-4H2,1H3,(H,12,13)/t7-/m1/s1. The van der Waals surface area contributed by atoms with Crippen LogP contribution in [0, 0.1) is 6.92 Å². The molecule has 0 saturated carbocycles. The van der Waals surface area contributed by atoms with E-state index in [1.807, 2.05) is 17.7 Å². The minimum absolute atomic E-state index is 0.401. The molecule has 70 valence electrons. The van der Waals surface area contributed by atoms with Crippen molar-refractivity contribution in [3.05, 3.63) is 17.7 Å². The van der Waals surface area contributed by atoms with Crippen molar-refractivity contribution in [3.63, 3.8) is 0 Å². The molecule has 1 aromatic rings. The third-order valence-electron chi connectivity index (χ3n) is 2.43. The monoisotopic (exact) mass is 180 g/mol. The van der Waals surface area contributed by atoms with Crippen LogP contribution in [0.2, 0.25) is 0 Å². The number of fused-ring (bicyclic) bond motifs is 1. The van der Waals surface area contributed by atoms with Crippen LogP contribution in [0.25, 0.3) is 0 Å². The van der Waals surface area contributed by atoms with Gasteiger partial charge in [-0.15, -0.1) is 0 Å². The lowest BCUT2D eigenvalue weighted by molar-refractivity contribution is -0.139. The summed E-state index contributed by atoms with van der Waals surface area (Å²) < 4.78 is 1.96. The van der Waals surface area contributed by atoms with Crippen molar-refractivity contribution < 1.29 is 9.90 Å². The fraction of sp³-hybridized carbons (Fsp3) is 0.556. The zero-order valence-electron chi connectivity index (χ0n) is 7.53. The lowest BCUT2D eigenvalue weighted by Crippen LogP contribution is -2.21. The first-order valence-corrected chi connectivity index (χ1v) is 4.45. The normalized spacial score (nSPS) is 21.2. The highest BCUT2D eigenvalue weighted by molar-refractivity contribution is 5.75. The highest BCUT2D eigenvalue weighted by Crippen LogP contribution is 2.26. The van der Waals surface area contributed by atoms with Crippen molar-refractivity contribution in [2.45, 2.75) is 32.2 Å². The number of hydrogen-bond acceptors (Lipinski definition) is 2. The molecule has 13 heavy (non-hydrogen) atoms. The van der Waals surface area contributed by atoms with Crippen LogP contribution >= 0.6 is 0 Å². The molecule has 0 bridgehead atoms. The zero-order valence-corrected chi connectivity index (χ0v) is 7.53. The summed E-state index contributed by atoms with van der Waals surface area (Å²) in [5, 5.41) is 8.94. The molecule has 0 fully saturated rings. The number of aliphatic carboxylic acids is 1. The first kappa shape index (κ1) is 8.29. The van der Waals surface area contributed by atoms with Crippen LogP contribution in [0.1, 0.15) is 30.3 Å². The largest absolute Gasteiger partial charge is 0.481 e. The molecule has 0 amide bonds. The molecule has 2 rings (SSSR count). The molecule has 0 aliphatic carbocycles. The van der Waals surface area contributed by atoms with Crippen molar-refractivity contribution in [2.24, 2.45) is 0 Å². The topological polar surface area (TPSA) is 55.1 Å². The van der Waals surface area contributed by atoms with Crippen molar-refractivity contribution in [1.82, 2.24) is 9.55 Å². The van der Waals surface area contributed by atoms with Crippen LogP contribution in [-0.4, -0.2) is 20.6 Å². The van der Waals surface area contributed by atoms with Gasteiger partial charge >= 0.3 is 5.97 Å². The smallest absolute Gasteiger partial charge is 0.314 e. The van der Waals surface area contributed by atoms with Gasteiger partial charge < -0.3 is 9.67 Å². The Labute approximate surface area is 76.2 Å². The third kappa shape index (κ3) is 1.32. The second-order valence-corrected chi connectivity index (χ2v) is 3.47. The van der Waals surface area contributed by atoms with Crippen molar-refractivity contribution >= 4 is 5.97 Å². The Morgan fingerprint density at radius 1 is 1.77 bits per heavy atom. The second kappa shape index (κ2) is 2.87. The average molecular weight is 180 g/mol. The highest BCUT2D eigenvalue weighted by atomic mass is 16.4. The summed E-state index contributed by atoms with van der Waals surface area (Å²) in [5.41, 5.74) is 0.906. The number of carboxylic acids is 1. The molecule has 0 radical (unpaired) electrons. The average Bonchev–Trinajstić information content (AvgIpc) is 2.43. The Kier molecular flexibility index (Phi) is 1.83. The number of carboxylic acid groups (broad SMARTS) is 1. The number of nitrogens with zero attached hydrogens (tertiary/aromatic N) is 2. The summed E-state index contributed by atoms with van der Waals surface area (Å²) in [5.74, 6) is -0.440. The van der Waals surface area contributed by atoms with Gasteiger partial charge in [-0.25, -0.2) is 4.98 Å². The number of aryl methyl sites for hydroxylation is 2. The molecule has 2 heterocycles. The Hall–Kier alpha value is -1.32. The van der Waals surface area contributed by atoms with Gasteiger partial charge in [0.15, 0.2) is 0 Å². The maximum atomic E-state index is 10.9. The summed E-state index contributed by atoms with van der Waals surface area (Å²) in [4.78, 5) is 15.1. The molecular formula is C9H12N2O2. The van der Waals surface area contributed by atoms with Gasteiger partial charge in [-0.2, -0.15) is 0 Å². The summed E-state index contributed by atoms with van der Waals surface area (Å²) in [7, 11) is 0. The van der Waals surface area contributed by atoms with Gasteiger partial charge in [0.05, 0.1) is 5.69 Å². The Morgan fingerprint density at radius 3 is 3.23 bits per heavy atom. The minimum Gasteiger partial charge on any atom is -0.481 e. The Morgan fingerprint density at radius 2 is 2.54 bits per heavy atom. The zero-order chi connectivity index (χ0) is 9.42. The Bertz CT molecular complexity index is 343. The predicted octanol–water partition coefficient (Wildman–Crippen LogP) is 1.15. The quantitative estimate of drug-likeness (QED) is 0.705. The van der Waals surface area contributed by atoms with Crippen LogP contribution in [0.4, 0.5) is 0 Å². The van der Waals surface area contributed by atoms with Gasteiger partial charge in [-0.1, -0.05) is 0 Å². The summed E-state index contributed by atoms with van der Waals surface area (Å²) >= 11 is 0. The van der Waals surface area contributed by atoms with E-state index in [4.69, 9.17) is 5.11 Å². The third-order valence-corrected chi connectivity index (χ3v) is 2.43. The van der Waals surface area contributed by atoms with Gasteiger partial charge in [0.25, 0.3) is 0 Å². The molecule has 0 unspecified atom stereocenters. The van der Waals surface area contributed by atoms with Crippen LogP contribution in [-0.2, 0) is 11.3 Å². The first-order chi connectivity index (χ1) is 6.18. The molecule has 1 N–H and O–H groups in total. The van der Waals surface area contributed by atoms with E-state index in [0.717, 1.165) is 24.5 Å². The molecule has 1 aromatic heterocycles. The van der Waals surface area contributed by atoms with E-state index in [-0.39, 0.29) is 0 Å². The van der Waals surface area contributed by atoms with E-state index in [1.165, 1.54) is 0 Å². The lowest BCUT2D eigenvalue weighted by atomic mass is 9.99. The number of aromatic nitrogens is 2. The van der Waals surface area contributed by atoms with Crippen LogP contribution in [0.5, 0.6) is 0 Å². The van der Waals surface area contributed by atoms with Gasteiger partial charge in [0.1, 0.15) is 11.7 Å². The summed E-state index contributed by atoms with van der Waals surface area (Å²) in [6, 6.07) is 0. The van der Waals surface area contributed by atoms with Crippen molar-refractivity contribution in [2.75, 3.05) is 0 Å². The van der Waals surface area contributed by atoms with Crippen LogP contribution < -0.4 is 0 Å². The molecular weight excluding hydrogens is 168 g/mol. The maximum Gasteiger partial charge on any atom is 0.314 e. The van der Waals surface area contributed by atoms with Crippen LogP contribution in [0.15, 0.2) is 6.20 Å². The van der Waals surface area contributed by atoms with Gasteiger partial charge in [0, 0.05) is 12.7 Å². The Balaban J connectivity index is 2.41. The fourth-order valence-corrected chi connectivity index (χ4v) is 1.85. The van der Waals surface area contributed by atoms with Gasteiger partial charge in [0.2, 0.25) is 0 Å². The first-order valence-electron chi connectivity index (χ1n) is 4.45. The molecule has 0 aromatic carbocycles. The van der Waals surface area contributed by atoms with E-state index in [1.54, 1.807) is 0 Å². The fourth-order valence-electron chi connectivity index (χ4n) is 1.85. The van der Waals surface area contributed by atoms with Crippen molar-refractivity contribution in [3.8, 4) is 0 Å². The SMILES string of the molecule is Cc1cn2c(n1)[C@H](C(=O)O)CCC2. The molecule has 1 atom stereocenters. The highest BCUT2D eigenvalue weighted by Gasteiger charge is 2.27. The van der Waals surface area contributed by atoms with E-state index in [9.17, 15) is 4.79 Å². The van der Waals surface area contributed by atoms with E-state index >= 15 is 0 Å². The van der Waals surface area contributed by atoms with E-state index < -0.39 is 11.9 Å². The van der Waals surface area contributed by atoms with Crippen molar-refractivity contribution in [1.29, 1.82) is 0 Å². The molecule has 0 saturated heterocycles. The molecule has 4 heteroatoms. The van der Waals surface area contributed by atoms with Gasteiger partial charge in [-0.05, 0) is 19.8 Å². The molecule has 4 nitrogen and oxygen atoms in total. The molecule has 1 aliphatic rings. The summed E-state index contributed by atoms with van der Waals surface area (Å²) in [6.45, 7) is 2.80.